The summed E-state index contributed by atoms with van der Waals surface area (Å²) >= 11 is 0. The van der Waals surface area contributed by atoms with Crippen LogP contribution >= 0.6 is 0 Å². The number of hydrogen-bond acceptors (Lipinski definition) is 5. The molecule has 148 valence electrons. The Balaban J connectivity index is 1.55. The molecule has 1 aliphatic rings. The fourth-order valence-corrected chi connectivity index (χ4v) is 3.11. The number of carbonyl (C=O) groups excluding carboxylic acids is 1. The van der Waals surface area contributed by atoms with E-state index in [1.165, 1.54) is 0 Å². The number of aliphatic carboxylic acids is 1. The van der Waals surface area contributed by atoms with Crippen LogP contribution in [0.1, 0.15) is 12.0 Å². The first-order valence-electron chi connectivity index (χ1n) is 9.05. The molecule has 1 atom stereocenters. The van der Waals surface area contributed by atoms with Crippen LogP contribution in [0.5, 0.6) is 17.2 Å². The van der Waals surface area contributed by atoms with Gasteiger partial charge in [0.15, 0.2) is 11.5 Å². The van der Waals surface area contributed by atoms with Gasteiger partial charge in [0.05, 0.1) is 13.0 Å². The number of nitrogens with zero attached hydrogens (tertiary/aromatic N) is 1. The number of methoxy groups -OCH3 is 1. The molecule has 0 aliphatic carbocycles. The van der Waals surface area contributed by atoms with Crippen LogP contribution in [0, 0.1) is 5.92 Å². The third kappa shape index (κ3) is 4.73. The van der Waals surface area contributed by atoms with Gasteiger partial charge in [0.2, 0.25) is 5.91 Å². The van der Waals surface area contributed by atoms with Crippen LogP contribution in [-0.4, -0.2) is 48.8 Å². The molecule has 3 rings (SSSR count). The Hall–Kier alpha value is -3.22. The van der Waals surface area contributed by atoms with Crippen LogP contribution in [0.2, 0.25) is 0 Å². The van der Waals surface area contributed by atoms with Crippen molar-refractivity contribution in [2.45, 2.75) is 13.0 Å². The van der Waals surface area contributed by atoms with Gasteiger partial charge in [-0.2, -0.15) is 0 Å². The van der Waals surface area contributed by atoms with E-state index in [0.717, 1.165) is 5.56 Å². The van der Waals surface area contributed by atoms with Crippen molar-refractivity contribution in [3.05, 3.63) is 54.1 Å². The molecular formula is C21H23NO6. The monoisotopic (exact) mass is 385 g/mol. The lowest BCUT2D eigenvalue weighted by Crippen LogP contribution is -2.26. The van der Waals surface area contributed by atoms with Crippen LogP contribution in [0.3, 0.4) is 0 Å². The van der Waals surface area contributed by atoms with Crippen LogP contribution < -0.4 is 14.2 Å². The number of rotatable bonds is 9. The van der Waals surface area contributed by atoms with Gasteiger partial charge in [-0.05, 0) is 18.2 Å². The molecule has 1 N–H and O–H groups in total. The van der Waals surface area contributed by atoms with Gasteiger partial charge in [0.1, 0.15) is 19.0 Å². The number of para-hydroxylation sites is 3. The summed E-state index contributed by atoms with van der Waals surface area (Å²) in [7, 11) is 1.59. The maximum absolute atomic E-state index is 12.1. The van der Waals surface area contributed by atoms with Gasteiger partial charge in [-0.1, -0.05) is 30.3 Å². The lowest BCUT2D eigenvalue weighted by molar-refractivity contribution is -0.141. The summed E-state index contributed by atoms with van der Waals surface area (Å²) in [6, 6.07) is 14.8. The van der Waals surface area contributed by atoms with Gasteiger partial charge in [-0.15, -0.1) is 0 Å². The Kier molecular flexibility index (Phi) is 6.37. The summed E-state index contributed by atoms with van der Waals surface area (Å²) in [5.41, 5.74) is 0.833. The van der Waals surface area contributed by atoms with E-state index >= 15 is 0 Å². The van der Waals surface area contributed by atoms with Crippen molar-refractivity contribution in [2.75, 3.05) is 26.9 Å². The van der Waals surface area contributed by atoms with E-state index in [-0.39, 0.29) is 18.9 Å². The second-order valence-corrected chi connectivity index (χ2v) is 6.47. The zero-order valence-corrected chi connectivity index (χ0v) is 15.7. The molecule has 0 spiro atoms. The van der Waals surface area contributed by atoms with Crippen LogP contribution in [0.4, 0.5) is 0 Å². The molecule has 0 bridgehead atoms. The number of carbonyl (C=O) groups is 2. The minimum absolute atomic E-state index is 0.0467. The van der Waals surface area contributed by atoms with Gasteiger partial charge < -0.3 is 24.2 Å². The highest BCUT2D eigenvalue weighted by Gasteiger charge is 2.34. The average molecular weight is 385 g/mol. The van der Waals surface area contributed by atoms with Gasteiger partial charge in [0, 0.05) is 25.1 Å². The molecular weight excluding hydrogens is 362 g/mol. The molecule has 1 amide bonds. The Bertz CT molecular complexity index is 837. The lowest BCUT2D eigenvalue weighted by atomic mass is 10.1. The quantitative estimate of drug-likeness (QED) is 0.668. The van der Waals surface area contributed by atoms with Gasteiger partial charge >= 0.3 is 5.97 Å². The predicted octanol–water partition coefficient (Wildman–Crippen LogP) is 2.59. The maximum atomic E-state index is 12.1. The van der Waals surface area contributed by atoms with Gasteiger partial charge in [0.25, 0.3) is 0 Å². The number of amides is 1. The van der Waals surface area contributed by atoms with E-state index in [1.807, 2.05) is 48.5 Å². The molecule has 7 heteroatoms. The molecule has 1 saturated heterocycles. The molecule has 1 heterocycles. The van der Waals surface area contributed by atoms with E-state index in [9.17, 15) is 9.59 Å². The first kappa shape index (κ1) is 19.5. The zero-order valence-electron chi connectivity index (χ0n) is 15.7. The Morgan fingerprint density at radius 1 is 1.04 bits per heavy atom. The standard InChI is InChI=1S/C21H23NO6/c1-26-18-8-4-5-9-19(18)28-11-10-27-17-7-3-2-6-15(17)13-22-14-16(21(24)25)12-20(22)23/h2-9,16H,10-14H2,1H3,(H,24,25). The summed E-state index contributed by atoms with van der Waals surface area (Å²) in [5, 5.41) is 9.12. The molecule has 2 aromatic carbocycles. The van der Waals surface area contributed by atoms with Gasteiger partial charge in [-0.25, -0.2) is 0 Å². The number of benzene rings is 2. The second kappa shape index (κ2) is 9.12. The van der Waals surface area contributed by atoms with Crippen molar-refractivity contribution in [3.63, 3.8) is 0 Å². The summed E-state index contributed by atoms with van der Waals surface area (Å²) < 4.78 is 16.8. The predicted molar refractivity (Wildman–Crippen MR) is 102 cm³/mol. The first-order valence-corrected chi connectivity index (χ1v) is 9.05. The summed E-state index contributed by atoms with van der Waals surface area (Å²) in [6.45, 7) is 1.20. The molecule has 0 radical (unpaired) electrons. The van der Waals surface area contributed by atoms with Gasteiger partial charge in [-0.3, -0.25) is 9.59 Å². The highest BCUT2D eigenvalue weighted by atomic mass is 16.5. The van der Waals surface area contributed by atoms with E-state index in [4.69, 9.17) is 19.3 Å². The molecule has 1 fully saturated rings. The zero-order chi connectivity index (χ0) is 19.9. The Morgan fingerprint density at radius 2 is 1.64 bits per heavy atom. The molecule has 0 saturated carbocycles. The Labute approximate surface area is 163 Å². The number of ether oxygens (including phenoxy) is 3. The van der Waals surface area contributed by atoms with Crippen molar-refractivity contribution in [1.82, 2.24) is 4.90 Å². The summed E-state index contributed by atoms with van der Waals surface area (Å²) in [4.78, 5) is 24.8. The van der Waals surface area contributed by atoms with Crippen molar-refractivity contribution >= 4 is 11.9 Å². The molecule has 2 aromatic rings. The van der Waals surface area contributed by atoms with Crippen molar-refractivity contribution in [3.8, 4) is 17.2 Å². The van der Waals surface area contributed by atoms with Crippen molar-refractivity contribution in [2.24, 2.45) is 5.92 Å². The SMILES string of the molecule is COc1ccccc1OCCOc1ccccc1CN1CC(C(=O)O)CC1=O. The normalized spacial score (nSPS) is 16.1. The number of carboxylic acid groups (broad SMARTS) is 1. The number of hydrogen-bond donors (Lipinski definition) is 1. The van der Waals surface area contributed by atoms with E-state index in [1.54, 1.807) is 12.0 Å². The van der Waals surface area contributed by atoms with E-state index in [0.29, 0.717) is 37.0 Å². The van der Waals surface area contributed by atoms with Crippen LogP contribution in [-0.2, 0) is 16.1 Å². The third-order valence-corrected chi connectivity index (χ3v) is 4.57. The van der Waals surface area contributed by atoms with E-state index in [2.05, 4.69) is 0 Å². The second-order valence-electron chi connectivity index (χ2n) is 6.47. The van der Waals surface area contributed by atoms with E-state index < -0.39 is 11.9 Å². The van der Waals surface area contributed by atoms with Crippen molar-refractivity contribution in [1.29, 1.82) is 0 Å². The maximum Gasteiger partial charge on any atom is 0.308 e. The van der Waals surface area contributed by atoms with Crippen molar-refractivity contribution < 1.29 is 28.9 Å². The lowest BCUT2D eigenvalue weighted by Gasteiger charge is -2.19. The first-order chi connectivity index (χ1) is 13.6. The topological polar surface area (TPSA) is 85.3 Å². The molecule has 1 unspecified atom stereocenters. The number of carboxylic acids is 1. The summed E-state index contributed by atoms with van der Waals surface area (Å²) in [5.74, 6) is 0.218. The molecule has 0 aromatic heterocycles. The number of likely N-dealkylation sites (tertiary alicyclic amines) is 1. The minimum Gasteiger partial charge on any atom is -0.493 e. The van der Waals surface area contributed by atoms with Crippen LogP contribution in [0.25, 0.3) is 0 Å². The average Bonchev–Trinajstić information content (AvgIpc) is 3.07. The largest absolute Gasteiger partial charge is 0.493 e. The summed E-state index contributed by atoms with van der Waals surface area (Å²) in [6.07, 6.45) is 0.0467. The fraction of sp³-hybridized carbons (Fsp3) is 0.333. The molecule has 7 nitrogen and oxygen atoms in total. The highest BCUT2D eigenvalue weighted by molar-refractivity contribution is 5.86. The fourth-order valence-electron chi connectivity index (χ4n) is 3.11. The third-order valence-electron chi connectivity index (χ3n) is 4.57. The molecule has 28 heavy (non-hydrogen) atoms. The molecule has 1 aliphatic heterocycles. The smallest absolute Gasteiger partial charge is 0.308 e. The highest BCUT2D eigenvalue weighted by Crippen LogP contribution is 2.27. The van der Waals surface area contributed by atoms with Crippen LogP contribution in [0.15, 0.2) is 48.5 Å². The Morgan fingerprint density at radius 3 is 2.29 bits per heavy atom. The minimum atomic E-state index is -0.936.